The molecule has 28 heavy (non-hydrogen) atoms. The van der Waals surface area contributed by atoms with Crippen molar-refractivity contribution in [1.82, 2.24) is 0 Å². The second kappa shape index (κ2) is 57.1. The zero-order chi connectivity index (χ0) is 21.5. The summed E-state index contributed by atoms with van der Waals surface area (Å²) in [5.74, 6) is 0. The van der Waals surface area contributed by atoms with Crippen molar-refractivity contribution in [3.8, 4) is 0 Å². The average Bonchev–Trinajstić information content (AvgIpc) is 2.08. The third-order valence-corrected chi connectivity index (χ3v) is 0. The summed E-state index contributed by atoms with van der Waals surface area (Å²) in [5.41, 5.74) is 0. The molecule has 0 amide bonds. The standard InChI is InChI=1S/4Ca.6H2O3Si.8H/c;;;;6*1-4(2)3;;;;;;;;/h;;;;6*1-2H;;;;;;;;. The summed E-state index contributed by atoms with van der Waals surface area (Å²) in [6.45, 7) is 0. The fourth-order valence-corrected chi connectivity index (χ4v) is 0. The Morgan fingerprint density at radius 1 is 0.250 bits per heavy atom. The topological polar surface area (TPSA) is 345 Å². The predicted molar refractivity (Wildman–Crippen MR) is 99.4 cm³/mol. The van der Waals surface area contributed by atoms with Crippen LogP contribution in [0.15, 0.2) is 0 Å². The van der Waals surface area contributed by atoms with Crippen LogP contribution in [0.25, 0.3) is 0 Å². The molecule has 0 radical (unpaired) electrons. The van der Waals surface area contributed by atoms with Crippen LogP contribution in [0, 0.1) is 0 Å². The molecular formula is H20Ca4O18Si6. The van der Waals surface area contributed by atoms with Gasteiger partial charge in [0.2, 0.25) is 0 Å². The summed E-state index contributed by atoms with van der Waals surface area (Å²) in [6, 6.07) is 0. The Kier molecular flexibility index (Phi) is 129. The van der Waals surface area contributed by atoms with Gasteiger partial charge in [-0.1, -0.05) is 0 Å². The first-order valence-corrected chi connectivity index (χ1v) is 11.7. The van der Waals surface area contributed by atoms with E-state index in [4.69, 9.17) is 84.3 Å². The van der Waals surface area contributed by atoms with Gasteiger partial charge in [0.1, 0.15) is 0 Å². The molecule has 0 atom stereocenters. The molecule has 0 fully saturated rings. The van der Waals surface area contributed by atoms with Gasteiger partial charge in [0.25, 0.3) is 0 Å². The Morgan fingerprint density at radius 3 is 0.250 bits per heavy atom. The Bertz CT molecular complexity index is 267. The Morgan fingerprint density at radius 2 is 0.250 bits per heavy atom. The van der Waals surface area contributed by atoms with E-state index in [1.54, 1.807) is 0 Å². The third kappa shape index (κ3) is 2950. The molecule has 0 aliphatic rings. The molecule has 160 valence electrons. The average molecular weight is 637 g/mol. The van der Waals surface area contributed by atoms with E-state index in [1.165, 1.54) is 0 Å². The van der Waals surface area contributed by atoms with E-state index in [-0.39, 0.29) is 151 Å². The zero-order valence-corrected chi connectivity index (χ0v) is 16.8. The van der Waals surface area contributed by atoms with Gasteiger partial charge in [0.05, 0.1) is 0 Å². The Hall–Kier alpha value is 2.74. The quantitative estimate of drug-likeness (QED) is 0.110. The monoisotopic (exact) mass is 636 g/mol. The molecular weight excluding hydrogens is 617 g/mol. The fourth-order valence-electron chi connectivity index (χ4n) is 0. The van der Waals surface area contributed by atoms with E-state index in [1.807, 2.05) is 0 Å². The first kappa shape index (κ1) is 63.2. The van der Waals surface area contributed by atoms with E-state index in [9.17, 15) is 0 Å². The molecule has 0 spiro atoms. The van der Waals surface area contributed by atoms with Crippen molar-refractivity contribution >= 4 is 206 Å². The number of hydrogen-bond donors (Lipinski definition) is 12. The van der Waals surface area contributed by atoms with Crippen LogP contribution < -0.4 is 0 Å². The fraction of sp³-hybridized carbons (Fsp3) is 0. The molecule has 0 heterocycles. The maximum absolute atomic E-state index is 8.74. The molecule has 0 aromatic carbocycles. The molecule has 0 bridgehead atoms. The van der Waals surface area contributed by atoms with Crippen molar-refractivity contribution in [3.63, 3.8) is 0 Å². The van der Waals surface area contributed by atoms with E-state index in [0.717, 1.165) is 0 Å². The van der Waals surface area contributed by atoms with Crippen LogP contribution in [0.5, 0.6) is 0 Å². The normalized spacial score (nSPS) is 5.14. The van der Waals surface area contributed by atoms with Gasteiger partial charge in [-0.05, 0) is 0 Å². The van der Waals surface area contributed by atoms with Crippen LogP contribution in [-0.2, 0) is 26.8 Å². The minimum absolute atomic E-state index is 0. The first-order chi connectivity index (χ1) is 10.4. The molecule has 0 saturated heterocycles. The van der Waals surface area contributed by atoms with Gasteiger partial charge in [-0.25, -0.2) is 0 Å². The van der Waals surface area contributed by atoms with Gasteiger partial charge < -0.3 is 57.5 Å². The summed E-state index contributed by atoms with van der Waals surface area (Å²) in [5, 5.41) is 0. The van der Waals surface area contributed by atoms with Gasteiger partial charge >= 0.3 is 206 Å². The SMILES string of the molecule is O=[Si](O)O.O=[Si](O)O.O=[Si](O)O.O=[Si](O)O.O=[Si](O)O.O=[Si](O)O.[CaH2].[CaH2].[CaH2].[CaH2]. The molecule has 0 saturated carbocycles. The summed E-state index contributed by atoms with van der Waals surface area (Å²) < 4.78 is 52.4. The minimum atomic E-state index is -3.13. The summed E-state index contributed by atoms with van der Waals surface area (Å²) in [4.78, 5) is 85.9. The van der Waals surface area contributed by atoms with Crippen LogP contribution in [0.4, 0.5) is 0 Å². The second-order valence-electron chi connectivity index (χ2n) is 1.70. The Balaban J connectivity index is -0.0000000169. The van der Waals surface area contributed by atoms with E-state index in [0.29, 0.717) is 0 Å². The van der Waals surface area contributed by atoms with Crippen LogP contribution in [0.3, 0.4) is 0 Å². The molecule has 0 rings (SSSR count). The molecule has 0 aliphatic carbocycles. The van der Waals surface area contributed by atoms with Crippen LogP contribution in [-0.4, -0.2) is 264 Å². The van der Waals surface area contributed by atoms with Gasteiger partial charge in [-0.2, -0.15) is 0 Å². The van der Waals surface area contributed by atoms with Crippen molar-refractivity contribution in [2.45, 2.75) is 0 Å². The van der Waals surface area contributed by atoms with Gasteiger partial charge in [0, 0.05) is 0 Å². The molecule has 0 aliphatic heterocycles. The van der Waals surface area contributed by atoms with Crippen LogP contribution in [0.2, 0.25) is 0 Å². The van der Waals surface area contributed by atoms with Crippen molar-refractivity contribution in [2.75, 3.05) is 0 Å². The second-order valence-corrected chi connectivity index (χ2v) is 5.09. The van der Waals surface area contributed by atoms with Crippen molar-refractivity contribution in [2.24, 2.45) is 0 Å². The summed E-state index contributed by atoms with van der Waals surface area (Å²) in [6.07, 6.45) is 0. The van der Waals surface area contributed by atoms with Crippen molar-refractivity contribution < 1.29 is 84.3 Å². The Labute approximate surface area is 284 Å². The summed E-state index contributed by atoms with van der Waals surface area (Å²) in [7, 11) is -18.8. The van der Waals surface area contributed by atoms with Crippen molar-refractivity contribution in [3.05, 3.63) is 0 Å². The third-order valence-electron chi connectivity index (χ3n) is 0. The predicted octanol–water partition coefficient (Wildman–Crippen LogP) is -13.3. The molecule has 0 aromatic rings. The molecule has 12 N–H and O–H groups in total. The van der Waals surface area contributed by atoms with Crippen LogP contribution in [0.1, 0.15) is 0 Å². The van der Waals surface area contributed by atoms with Crippen molar-refractivity contribution in [1.29, 1.82) is 0 Å². The molecule has 28 heteroatoms. The van der Waals surface area contributed by atoms with E-state index in [2.05, 4.69) is 0 Å². The number of hydrogen-bond acceptors (Lipinski definition) is 6. The number of rotatable bonds is 0. The molecule has 0 aromatic heterocycles. The van der Waals surface area contributed by atoms with Gasteiger partial charge in [-0.3, -0.25) is 26.8 Å². The van der Waals surface area contributed by atoms with Crippen LogP contribution >= 0.6 is 0 Å². The molecule has 18 nitrogen and oxygen atoms in total. The van der Waals surface area contributed by atoms with E-state index >= 15 is 0 Å². The maximum atomic E-state index is 8.74. The van der Waals surface area contributed by atoms with Gasteiger partial charge in [0.15, 0.2) is 0 Å². The first-order valence-electron chi connectivity index (χ1n) is 3.91. The summed E-state index contributed by atoms with van der Waals surface area (Å²) >= 11 is 0. The van der Waals surface area contributed by atoms with E-state index < -0.39 is 55.0 Å². The molecule has 0 unspecified atom stereocenters. The zero-order valence-electron chi connectivity index (χ0n) is 10.8. The van der Waals surface area contributed by atoms with Gasteiger partial charge in [-0.15, -0.1) is 0 Å².